The highest BCUT2D eigenvalue weighted by molar-refractivity contribution is 5.81. The van der Waals surface area contributed by atoms with E-state index < -0.39 is 5.41 Å². The molecule has 0 saturated heterocycles. The number of carbonyl (C=O) groups excluding carboxylic acids is 1. The molecule has 0 spiro atoms. The van der Waals surface area contributed by atoms with Crippen LogP contribution in [-0.4, -0.2) is 17.6 Å². The molecule has 2 rings (SSSR count). The van der Waals surface area contributed by atoms with Crippen LogP contribution >= 0.6 is 0 Å². The molecule has 3 heteroatoms. The fraction of sp³-hybridized carbons (Fsp3) is 0.400. The highest BCUT2D eigenvalue weighted by Crippen LogP contribution is 2.24. The average Bonchev–Trinajstić information content (AvgIpc) is 2.69. The molecular formula is C15H19NO2. The number of rotatable bonds is 3. The summed E-state index contributed by atoms with van der Waals surface area (Å²) in [6.07, 6.45) is 2.02. The maximum Gasteiger partial charge on any atom is 0.313 e. The number of hydrogen-bond donors (Lipinski definition) is 0. The molecule has 0 radical (unpaired) electrons. The van der Waals surface area contributed by atoms with E-state index in [0.29, 0.717) is 6.54 Å². The van der Waals surface area contributed by atoms with E-state index in [0.717, 1.165) is 5.52 Å². The third-order valence-corrected chi connectivity index (χ3v) is 3.23. The predicted molar refractivity (Wildman–Crippen MR) is 72.5 cm³/mol. The summed E-state index contributed by atoms with van der Waals surface area (Å²) in [6, 6.07) is 8.41. The van der Waals surface area contributed by atoms with Gasteiger partial charge in [0.1, 0.15) is 0 Å². The molecule has 0 atom stereocenters. The lowest BCUT2D eigenvalue weighted by molar-refractivity contribution is -0.151. The number of hydrogen-bond acceptors (Lipinski definition) is 2. The first-order valence-electron chi connectivity index (χ1n) is 6.08. The van der Waals surface area contributed by atoms with Crippen molar-refractivity contribution in [3.63, 3.8) is 0 Å². The summed E-state index contributed by atoms with van der Waals surface area (Å²) in [5, 5.41) is 1.20. The highest BCUT2D eigenvalue weighted by Gasteiger charge is 2.29. The summed E-state index contributed by atoms with van der Waals surface area (Å²) < 4.78 is 6.95. The number of benzene rings is 1. The van der Waals surface area contributed by atoms with Gasteiger partial charge in [0.15, 0.2) is 0 Å². The van der Waals surface area contributed by atoms with Crippen molar-refractivity contribution in [1.29, 1.82) is 0 Å². The van der Waals surface area contributed by atoms with Crippen LogP contribution in [0.15, 0.2) is 30.5 Å². The van der Waals surface area contributed by atoms with Gasteiger partial charge in [-0.3, -0.25) is 4.79 Å². The third kappa shape index (κ3) is 2.26. The number of carbonyl (C=O) groups is 1. The van der Waals surface area contributed by atoms with E-state index >= 15 is 0 Å². The number of ether oxygens (including phenoxy) is 1. The maximum atomic E-state index is 11.7. The van der Waals surface area contributed by atoms with E-state index in [9.17, 15) is 4.79 Å². The number of aromatic nitrogens is 1. The molecule has 0 aliphatic heterocycles. The van der Waals surface area contributed by atoms with Crippen molar-refractivity contribution in [2.45, 2.75) is 27.3 Å². The van der Waals surface area contributed by atoms with Crippen LogP contribution in [0.3, 0.4) is 0 Å². The van der Waals surface area contributed by atoms with E-state index in [1.807, 2.05) is 20.0 Å². The van der Waals surface area contributed by atoms with Crippen molar-refractivity contribution in [3.05, 3.63) is 36.0 Å². The van der Waals surface area contributed by atoms with Crippen molar-refractivity contribution < 1.29 is 9.53 Å². The smallest absolute Gasteiger partial charge is 0.313 e. The van der Waals surface area contributed by atoms with Crippen LogP contribution in [0.25, 0.3) is 10.9 Å². The van der Waals surface area contributed by atoms with Gasteiger partial charge in [-0.15, -0.1) is 0 Å². The molecule has 1 aromatic heterocycles. The molecular weight excluding hydrogens is 226 g/mol. The lowest BCUT2D eigenvalue weighted by Gasteiger charge is -2.22. The standard InChI is InChI=1S/C15H19NO2/c1-11-5-6-13-12(9-11)7-8-16(13)10-15(2,3)14(17)18-4/h5-9H,10H2,1-4H3. The SMILES string of the molecule is COC(=O)C(C)(C)Cn1ccc2cc(C)ccc21. The van der Waals surface area contributed by atoms with Crippen molar-refractivity contribution in [1.82, 2.24) is 4.57 Å². The Bertz CT molecular complexity index is 581. The zero-order valence-electron chi connectivity index (χ0n) is 11.4. The Kier molecular flexibility index (Phi) is 3.16. The van der Waals surface area contributed by atoms with Gasteiger partial charge in [-0.1, -0.05) is 11.6 Å². The molecule has 0 fully saturated rings. The van der Waals surface area contributed by atoms with Crippen molar-refractivity contribution in [3.8, 4) is 0 Å². The fourth-order valence-electron chi connectivity index (χ4n) is 2.22. The van der Waals surface area contributed by atoms with Gasteiger partial charge in [-0.25, -0.2) is 0 Å². The molecule has 18 heavy (non-hydrogen) atoms. The van der Waals surface area contributed by atoms with Crippen molar-refractivity contribution in [2.75, 3.05) is 7.11 Å². The van der Waals surface area contributed by atoms with Gasteiger partial charge in [0.25, 0.3) is 0 Å². The minimum absolute atomic E-state index is 0.184. The molecule has 0 saturated carbocycles. The molecule has 0 N–H and O–H groups in total. The average molecular weight is 245 g/mol. The number of aryl methyl sites for hydroxylation is 1. The summed E-state index contributed by atoms with van der Waals surface area (Å²) >= 11 is 0. The Morgan fingerprint density at radius 1 is 1.33 bits per heavy atom. The monoisotopic (exact) mass is 245 g/mol. The summed E-state index contributed by atoms with van der Waals surface area (Å²) in [6.45, 7) is 6.50. The zero-order chi connectivity index (χ0) is 13.3. The summed E-state index contributed by atoms with van der Waals surface area (Å²) in [4.78, 5) is 11.7. The molecule has 3 nitrogen and oxygen atoms in total. The first kappa shape index (κ1) is 12.7. The van der Waals surface area contributed by atoms with Gasteiger partial charge < -0.3 is 9.30 Å². The van der Waals surface area contributed by atoms with Gasteiger partial charge in [-0.2, -0.15) is 0 Å². The molecule has 0 aliphatic carbocycles. The number of esters is 1. The van der Waals surface area contributed by atoms with Crippen LogP contribution in [0.2, 0.25) is 0 Å². The summed E-state index contributed by atoms with van der Waals surface area (Å²) in [5.41, 5.74) is 1.87. The maximum absolute atomic E-state index is 11.7. The molecule has 1 heterocycles. The lowest BCUT2D eigenvalue weighted by atomic mass is 9.93. The van der Waals surface area contributed by atoms with E-state index in [2.05, 4.69) is 35.8 Å². The van der Waals surface area contributed by atoms with Crippen LogP contribution in [0.1, 0.15) is 19.4 Å². The van der Waals surface area contributed by atoms with Gasteiger partial charge in [0.2, 0.25) is 0 Å². The minimum Gasteiger partial charge on any atom is -0.469 e. The Hall–Kier alpha value is -1.77. The van der Waals surface area contributed by atoms with Crippen LogP contribution in [-0.2, 0) is 16.1 Å². The molecule has 1 aromatic carbocycles. The van der Waals surface area contributed by atoms with Gasteiger partial charge in [0.05, 0.1) is 12.5 Å². The van der Waals surface area contributed by atoms with E-state index in [1.54, 1.807) is 0 Å². The molecule has 2 aromatic rings. The minimum atomic E-state index is -0.522. The number of fused-ring (bicyclic) bond motifs is 1. The summed E-state index contributed by atoms with van der Waals surface area (Å²) in [5.74, 6) is -0.184. The zero-order valence-corrected chi connectivity index (χ0v) is 11.4. The highest BCUT2D eigenvalue weighted by atomic mass is 16.5. The topological polar surface area (TPSA) is 31.2 Å². The van der Waals surface area contributed by atoms with Gasteiger partial charge in [-0.05, 0) is 44.4 Å². The van der Waals surface area contributed by atoms with Crippen molar-refractivity contribution in [2.24, 2.45) is 5.41 Å². The lowest BCUT2D eigenvalue weighted by Crippen LogP contribution is -2.30. The molecule has 0 amide bonds. The van der Waals surface area contributed by atoms with Crippen molar-refractivity contribution >= 4 is 16.9 Å². The van der Waals surface area contributed by atoms with Crippen LogP contribution < -0.4 is 0 Å². The Morgan fingerprint density at radius 3 is 2.72 bits per heavy atom. The second kappa shape index (κ2) is 4.48. The van der Waals surface area contributed by atoms with Crippen LogP contribution in [0.4, 0.5) is 0 Å². The second-order valence-electron chi connectivity index (χ2n) is 5.38. The molecule has 0 unspecified atom stereocenters. The third-order valence-electron chi connectivity index (χ3n) is 3.23. The van der Waals surface area contributed by atoms with E-state index in [1.165, 1.54) is 18.1 Å². The van der Waals surface area contributed by atoms with Crippen LogP contribution in [0.5, 0.6) is 0 Å². The van der Waals surface area contributed by atoms with Gasteiger partial charge in [0, 0.05) is 18.3 Å². The molecule has 0 bridgehead atoms. The normalized spacial score (nSPS) is 11.8. The first-order chi connectivity index (χ1) is 8.44. The van der Waals surface area contributed by atoms with E-state index in [-0.39, 0.29) is 5.97 Å². The fourth-order valence-corrected chi connectivity index (χ4v) is 2.22. The first-order valence-corrected chi connectivity index (χ1v) is 6.08. The van der Waals surface area contributed by atoms with E-state index in [4.69, 9.17) is 4.74 Å². The second-order valence-corrected chi connectivity index (χ2v) is 5.38. The Morgan fingerprint density at radius 2 is 2.06 bits per heavy atom. The number of methoxy groups -OCH3 is 1. The largest absolute Gasteiger partial charge is 0.469 e. The summed E-state index contributed by atoms with van der Waals surface area (Å²) in [7, 11) is 1.43. The predicted octanol–water partition coefficient (Wildman–Crippen LogP) is 3.15. The molecule has 96 valence electrons. The number of nitrogens with zero attached hydrogens (tertiary/aromatic N) is 1. The molecule has 0 aliphatic rings. The van der Waals surface area contributed by atoms with Gasteiger partial charge >= 0.3 is 5.97 Å². The van der Waals surface area contributed by atoms with Crippen LogP contribution in [0, 0.1) is 12.3 Å². The Balaban J connectivity index is 2.35. The Labute approximate surface area is 107 Å². The quantitative estimate of drug-likeness (QED) is 0.778.